The van der Waals surface area contributed by atoms with Crippen molar-refractivity contribution in [3.05, 3.63) is 28.8 Å². The van der Waals surface area contributed by atoms with E-state index in [1.807, 2.05) is 27.7 Å². The normalized spacial score (nSPS) is 10.5. The van der Waals surface area contributed by atoms with Crippen LogP contribution >= 0.6 is 24.0 Å². The average molecular weight is 377 g/mol. The third kappa shape index (κ3) is 8.38. The second-order valence-electron chi connectivity index (χ2n) is 6.13. The summed E-state index contributed by atoms with van der Waals surface area (Å²) < 4.78 is 0. The zero-order chi connectivity index (χ0) is 17.5. The van der Waals surface area contributed by atoms with Gasteiger partial charge in [-0.3, -0.25) is 4.79 Å². The molecule has 0 aliphatic carbocycles. The second kappa shape index (κ2) is 10.4. The molecule has 0 bridgehead atoms. The topological polar surface area (TPSA) is 82.3 Å². The first-order chi connectivity index (χ1) is 10.7. The first kappa shape index (κ1) is 22.5. The summed E-state index contributed by atoms with van der Waals surface area (Å²) in [4.78, 5) is 24.0. The molecule has 4 N–H and O–H groups in total. The highest BCUT2D eigenvalue weighted by molar-refractivity contribution is 6.34. The number of anilines is 1. The summed E-state index contributed by atoms with van der Waals surface area (Å²) in [6.07, 6.45) is 0. The summed E-state index contributed by atoms with van der Waals surface area (Å²) >= 11 is 6.07. The van der Waals surface area contributed by atoms with Gasteiger partial charge in [-0.2, -0.15) is 0 Å². The van der Waals surface area contributed by atoms with Crippen LogP contribution in [0.5, 0.6) is 0 Å². The van der Waals surface area contributed by atoms with Gasteiger partial charge < -0.3 is 21.3 Å². The molecule has 0 aromatic heterocycles. The number of benzene rings is 1. The van der Waals surface area contributed by atoms with E-state index >= 15 is 0 Å². The molecule has 6 nitrogen and oxygen atoms in total. The van der Waals surface area contributed by atoms with Crippen LogP contribution in [0.25, 0.3) is 0 Å². The zero-order valence-corrected chi connectivity index (χ0v) is 16.0. The highest BCUT2D eigenvalue weighted by Gasteiger charge is 2.15. The largest absolute Gasteiger partial charge is 0.351 e. The lowest BCUT2D eigenvalue weighted by Gasteiger charge is -2.21. The molecule has 0 aliphatic heterocycles. The van der Waals surface area contributed by atoms with E-state index in [9.17, 15) is 9.59 Å². The molecule has 0 aliphatic rings. The van der Waals surface area contributed by atoms with E-state index in [0.717, 1.165) is 6.54 Å². The molecule has 0 radical (unpaired) electrons. The van der Waals surface area contributed by atoms with Crippen molar-refractivity contribution in [3.63, 3.8) is 0 Å². The van der Waals surface area contributed by atoms with Crippen molar-refractivity contribution in [2.45, 2.75) is 33.2 Å². The van der Waals surface area contributed by atoms with Crippen molar-refractivity contribution < 1.29 is 9.59 Å². The number of amides is 3. The molecule has 24 heavy (non-hydrogen) atoms. The predicted molar refractivity (Wildman–Crippen MR) is 101 cm³/mol. The van der Waals surface area contributed by atoms with Crippen molar-refractivity contribution >= 4 is 41.6 Å². The Morgan fingerprint density at radius 2 is 1.83 bits per heavy atom. The van der Waals surface area contributed by atoms with Gasteiger partial charge in [0.25, 0.3) is 5.91 Å². The molecule has 1 aromatic carbocycles. The number of rotatable bonds is 6. The van der Waals surface area contributed by atoms with Crippen molar-refractivity contribution in [1.82, 2.24) is 16.0 Å². The van der Waals surface area contributed by atoms with Gasteiger partial charge in [0, 0.05) is 24.3 Å². The van der Waals surface area contributed by atoms with Gasteiger partial charge in [-0.1, -0.05) is 18.5 Å². The van der Waals surface area contributed by atoms with Crippen LogP contribution in [-0.2, 0) is 0 Å². The zero-order valence-electron chi connectivity index (χ0n) is 14.5. The van der Waals surface area contributed by atoms with Crippen LogP contribution in [0.1, 0.15) is 38.1 Å². The van der Waals surface area contributed by atoms with E-state index < -0.39 is 0 Å². The number of carbonyl (C=O) groups excluding carboxylic acids is 2. The van der Waals surface area contributed by atoms with E-state index in [1.165, 1.54) is 0 Å². The van der Waals surface area contributed by atoms with E-state index in [4.69, 9.17) is 11.6 Å². The number of carbonyl (C=O) groups is 2. The van der Waals surface area contributed by atoms with Gasteiger partial charge in [0.05, 0.1) is 10.6 Å². The van der Waals surface area contributed by atoms with Gasteiger partial charge in [0.1, 0.15) is 0 Å². The Morgan fingerprint density at radius 3 is 2.42 bits per heavy atom. The maximum absolute atomic E-state index is 12.1. The van der Waals surface area contributed by atoms with Gasteiger partial charge in [-0.25, -0.2) is 4.79 Å². The minimum atomic E-state index is -0.344. The molecule has 3 amide bonds. The maximum Gasteiger partial charge on any atom is 0.319 e. The molecular weight excluding hydrogens is 351 g/mol. The molecule has 1 aromatic rings. The third-order valence-electron chi connectivity index (χ3n) is 2.79. The van der Waals surface area contributed by atoms with Crippen LogP contribution in [0.3, 0.4) is 0 Å². The highest BCUT2D eigenvalue weighted by Crippen LogP contribution is 2.20. The van der Waals surface area contributed by atoms with Gasteiger partial charge in [0.15, 0.2) is 0 Å². The summed E-state index contributed by atoms with van der Waals surface area (Å²) in [5.41, 5.74) is 0.493. The molecule has 0 fully saturated rings. The monoisotopic (exact) mass is 376 g/mol. The lowest BCUT2D eigenvalue weighted by molar-refractivity contribution is 0.0954. The van der Waals surface area contributed by atoms with E-state index in [1.54, 1.807) is 18.2 Å². The number of hydrogen-bond acceptors (Lipinski definition) is 3. The number of likely N-dealkylation sites (N-methyl/N-ethyl adjacent to an activating group) is 1. The minimum Gasteiger partial charge on any atom is -0.351 e. The van der Waals surface area contributed by atoms with Crippen LogP contribution < -0.4 is 21.3 Å². The smallest absolute Gasteiger partial charge is 0.319 e. The first-order valence-corrected chi connectivity index (χ1v) is 7.98. The van der Waals surface area contributed by atoms with Crippen LogP contribution in [-0.4, -0.2) is 37.1 Å². The SMILES string of the molecule is CCNCCNC(=O)c1cc(NC(=O)NC(C)(C)C)ccc1Cl.Cl. The summed E-state index contributed by atoms with van der Waals surface area (Å²) in [5, 5.41) is 11.7. The number of halogens is 2. The minimum absolute atomic E-state index is 0. The van der Waals surface area contributed by atoms with Crippen molar-refractivity contribution in [2.24, 2.45) is 0 Å². The molecule has 136 valence electrons. The van der Waals surface area contributed by atoms with Gasteiger partial charge >= 0.3 is 6.03 Å². The summed E-state index contributed by atoms with van der Waals surface area (Å²) in [7, 11) is 0. The Balaban J connectivity index is 0.00000529. The van der Waals surface area contributed by atoms with Gasteiger partial charge in [0.2, 0.25) is 0 Å². The van der Waals surface area contributed by atoms with Crippen molar-refractivity contribution in [3.8, 4) is 0 Å². The second-order valence-corrected chi connectivity index (χ2v) is 6.54. The Kier molecular flexibility index (Phi) is 9.73. The summed E-state index contributed by atoms with van der Waals surface area (Å²) in [5.74, 6) is -0.271. The first-order valence-electron chi connectivity index (χ1n) is 7.60. The predicted octanol–water partition coefficient (Wildman–Crippen LogP) is 3.02. The number of nitrogens with one attached hydrogen (secondary N) is 4. The third-order valence-corrected chi connectivity index (χ3v) is 3.12. The number of hydrogen-bond donors (Lipinski definition) is 4. The fraction of sp³-hybridized carbons (Fsp3) is 0.500. The molecule has 0 saturated carbocycles. The molecule has 0 heterocycles. The number of urea groups is 1. The quantitative estimate of drug-likeness (QED) is 0.575. The van der Waals surface area contributed by atoms with Crippen molar-refractivity contribution in [2.75, 3.05) is 25.0 Å². The molecule has 1 rings (SSSR count). The van der Waals surface area contributed by atoms with Gasteiger partial charge in [-0.05, 0) is 45.5 Å². The molecule has 0 spiro atoms. The Labute approximate surface area is 154 Å². The van der Waals surface area contributed by atoms with Crippen LogP contribution in [0.15, 0.2) is 18.2 Å². The van der Waals surface area contributed by atoms with Gasteiger partial charge in [-0.15, -0.1) is 12.4 Å². The highest BCUT2D eigenvalue weighted by atomic mass is 35.5. The van der Waals surface area contributed by atoms with Crippen LogP contribution in [0.4, 0.5) is 10.5 Å². The lowest BCUT2D eigenvalue weighted by Crippen LogP contribution is -2.43. The molecule has 0 saturated heterocycles. The van der Waals surface area contributed by atoms with Crippen LogP contribution in [0.2, 0.25) is 5.02 Å². The average Bonchev–Trinajstić information content (AvgIpc) is 2.43. The van der Waals surface area contributed by atoms with E-state index in [-0.39, 0.29) is 29.9 Å². The van der Waals surface area contributed by atoms with Crippen LogP contribution in [0, 0.1) is 0 Å². The molecule has 0 atom stereocenters. The maximum atomic E-state index is 12.1. The lowest BCUT2D eigenvalue weighted by atomic mass is 10.1. The molecular formula is C16H26Cl2N4O2. The van der Waals surface area contributed by atoms with E-state index in [0.29, 0.717) is 29.4 Å². The molecule has 8 heteroatoms. The Bertz CT molecular complexity index is 559. The standard InChI is InChI=1S/C16H25ClN4O2.ClH/c1-5-18-8-9-19-14(22)12-10-11(6-7-13(12)17)20-15(23)21-16(2,3)4;/h6-7,10,18H,5,8-9H2,1-4H3,(H,19,22)(H2,20,21,23);1H. The fourth-order valence-electron chi connectivity index (χ4n) is 1.82. The Hall–Kier alpha value is -1.50. The van der Waals surface area contributed by atoms with Crippen molar-refractivity contribution in [1.29, 1.82) is 0 Å². The summed E-state index contributed by atoms with van der Waals surface area (Å²) in [6.45, 7) is 9.69. The van der Waals surface area contributed by atoms with E-state index in [2.05, 4.69) is 21.3 Å². The Morgan fingerprint density at radius 1 is 1.17 bits per heavy atom. The fourth-order valence-corrected chi connectivity index (χ4v) is 2.02. The summed E-state index contributed by atoms with van der Waals surface area (Å²) in [6, 6.07) is 4.47. The molecule has 0 unspecified atom stereocenters.